The average Bonchev–Trinajstić information content (AvgIpc) is 2.52. The molecule has 0 radical (unpaired) electrons. The number of anilines is 1. The fourth-order valence-corrected chi connectivity index (χ4v) is 3.83. The van der Waals surface area contributed by atoms with Crippen molar-refractivity contribution in [2.45, 2.75) is 56.0 Å². The minimum atomic E-state index is -4.44. The summed E-state index contributed by atoms with van der Waals surface area (Å²) in [6, 6.07) is 6.51. The Morgan fingerprint density at radius 3 is 2.28 bits per heavy atom. The number of halogens is 3. The molecule has 3 rings (SSSR count). The molecule has 7 heteroatoms. The van der Waals surface area contributed by atoms with Gasteiger partial charge in [0.1, 0.15) is 0 Å². The lowest BCUT2D eigenvalue weighted by atomic mass is 9.68. The molecule has 4 nitrogen and oxygen atoms in total. The lowest BCUT2D eigenvalue weighted by molar-refractivity contribution is -0.0999. The first-order valence-electron chi connectivity index (χ1n) is 8.90. The Hall–Kier alpha value is -1.31. The Kier molecular flexibility index (Phi) is 5.27. The largest absolute Gasteiger partial charge is 0.482 e. The lowest BCUT2D eigenvalue weighted by Gasteiger charge is -2.46. The predicted molar refractivity (Wildman–Crippen MR) is 91.3 cm³/mol. The van der Waals surface area contributed by atoms with E-state index in [0.29, 0.717) is 0 Å². The van der Waals surface area contributed by atoms with E-state index >= 15 is 0 Å². The topological polar surface area (TPSA) is 61.5 Å². The van der Waals surface area contributed by atoms with Crippen LogP contribution >= 0.6 is 0 Å². The molecular weight excluding hydrogens is 331 g/mol. The summed E-state index contributed by atoms with van der Waals surface area (Å²) in [5.74, 6) is -0.0875. The summed E-state index contributed by atoms with van der Waals surface area (Å²) in [5.41, 5.74) is 6.11. The van der Waals surface area contributed by atoms with Crippen LogP contribution in [0.2, 0.25) is 0 Å². The second-order valence-corrected chi connectivity index (χ2v) is 7.39. The van der Waals surface area contributed by atoms with E-state index in [1.54, 1.807) is 12.1 Å². The number of nitrogens with zero attached hydrogens (tertiary/aromatic N) is 1. The maximum atomic E-state index is 12.4. The molecule has 1 saturated carbocycles. The first-order chi connectivity index (χ1) is 11.8. The van der Waals surface area contributed by atoms with Gasteiger partial charge in [0.05, 0.1) is 5.60 Å². The number of benzene rings is 1. The maximum Gasteiger partial charge on any atom is 0.482 e. The second-order valence-electron chi connectivity index (χ2n) is 7.39. The van der Waals surface area contributed by atoms with E-state index in [4.69, 9.17) is 5.73 Å². The first kappa shape index (κ1) is 18.5. The zero-order chi connectivity index (χ0) is 18.1. The molecule has 2 fully saturated rings. The van der Waals surface area contributed by atoms with Crippen LogP contribution in [-0.2, 0) is 0 Å². The highest BCUT2D eigenvalue weighted by Gasteiger charge is 2.43. The van der Waals surface area contributed by atoms with Crippen LogP contribution in [-0.4, -0.2) is 47.6 Å². The summed E-state index contributed by atoms with van der Waals surface area (Å²) in [4.78, 5) is 2.31. The molecule has 1 saturated heterocycles. The minimum Gasteiger partial charge on any atom is -0.389 e. The number of rotatable bonds is 5. The van der Waals surface area contributed by atoms with Crippen molar-refractivity contribution < 1.29 is 18.3 Å². The Bertz CT molecular complexity index is 564. The Morgan fingerprint density at radius 2 is 1.80 bits per heavy atom. The summed E-state index contributed by atoms with van der Waals surface area (Å²) in [6.45, 7) is 2.53. The van der Waals surface area contributed by atoms with Crippen LogP contribution < -0.4 is 11.1 Å². The maximum absolute atomic E-state index is 12.4. The van der Waals surface area contributed by atoms with Crippen LogP contribution in [0.1, 0.15) is 43.6 Å². The molecule has 0 amide bonds. The van der Waals surface area contributed by atoms with Crippen LogP contribution in [0.3, 0.4) is 0 Å². The summed E-state index contributed by atoms with van der Waals surface area (Å²) in [7, 11) is 0. The summed E-state index contributed by atoms with van der Waals surface area (Å²) in [6.07, 6.45) is -0.0778. The monoisotopic (exact) mass is 357 g/mol. The van der Waals surface area contributed by atoms with Gasteiger partial charge in [0, 0.05) is 24.2 Å². The molecule has 1 aliphatic carbocycles. The molecular formula is C18H26F3N3O. The van der Waals surface area contributed by atoms with Crippen molar-refractivity contribution in [3.63, 3.8) is 0 Å². The highest BCUT2D eigenvalue weighted by Crippen LogP contribution is 2.44. The Labute approximate surface area is 146 Å². The molecule has 0 bridgehead atoms. The van der Waals surface area contributed by atoms with Crippen LogP contribution in [0.4, 0.5) is 18.9 Å². The van der Waals surface area contributed by atoms with Gasteiger partial charge in [-0.2, -0.15) is 13.2 Å². The van der Waals surface area contributed by atoms with E-state index in [2.05, 4.69) is 4.90 Å². The van der Waals surface area contributed by atoms with Crippen LogP contribution in [0, 0.1) is 0 Å². The molecule has 1 aromatic rings. The quantitative estimate of drug-likeness (QED) is 0.709. The summed E-state index contributed by atoms with van der Waals surface area (Å²) >= 11 is 0. The number of nitrogens with two attached hydrogens (primary N) is 1. The number of hydrogen-bond acceptors (Lipinski definition) is 4. The van der Waals surface area contributed by atoms with Gasteiger partial charge < -0.3 is 15.7 Å². The van der Waals surface area contributed by atoms with E-state index < -0.39 is 11.9 Å². The van der Waals surface area contributed by atoms with E-state index in [1.165, 1.54) is 17.4 Å². The van der Waals surface area contributed by atoms with Crippen molar-refractivity contribution in [1.82, 2.24) is 4.90 Å². The van der Waals surface area contributed by atoms with E-state index in [-0.39, 0.29) is 17.6 Å². The highest BCUT2D eigenvalue weighted by atomic mass is 19.4. The molecule has 1 aliphatic heterocycles. The Morgan fingerprint density at radius 1 is 1.20 bits per heavy atom. The van der Waals surface area contributed by atoms with Gasteiger partial charge in [-0.1, -0.05) is 12.1 Å². The van der Waals surface area contributed by atoms with Gasteiger partial charge in [-0.25, -0.2) is 0 Å². The van der Waals surface area contributed by atoms with Gasteiger partial charge >= 0.3 is 6.30 Å². The molecule has 2 aliphatic rings. The van der Waals surface area contributed by atoms with Gasteiger partial charge in [-0.3, -0.25) is 5.32 Å². The molecule has 4 N–H and O–H groups in total. The molecule has 1 aromatic carbocycles. The van der Waals surface area contributed by atoms with Crippen molar-refractivity contribution in [3.8, 4) is 0 Å². The van der Waals surface area contributed by atoms with Crippen LogP contribution in [0.25, 0.3) is 0 Å². The second kappa shape index (κ2) is 7.13. The van der Waals surface area contributed by atoms with Gasteiger partial charge in [0.25, 0.3) is 0 Å². The predicted octanol–water partition coefficient (Wildman–Crippen LogP) is 3.04. The fourth-order valence-electron chi connectivity index (χ4n) is 3.83. The van der Waals surface area contributed by atoms with Crippen molar-refractivity contribution >= 4 is 5.69 Å². The number of aliphatic hydroxyl groups is 1. The molecule has 1 heterocycles. The van der Waals surface area contributed by atoms with E-state index in [1.807, 2.05) is 0 Å². The zero-order valence-electron chi connectivity index (χ0n) is 14.2. The van der Waals surface area contributed by atoms with Gasteiger partial charge in [0.15, 0.2) is 0 Å². The third-order valence-corrected chi connectivity index (χ3v) is 5.54. The third kappa shape index (κ3) is 4.65. The van der Waals surface area contributed by atoms with Gasteiger partial charge in [0.2, 0.25) is 0 Å². The highest BCUT2D eigenvalue weighted by molar-refractivity contribution is 5.46. The number of hydrogen-bond donors (Lipinski definition) is 3. The molecule has 25 heavy (non-hydrogen) atoms. The SMILES string of the molecule is NC1CCN(CC(c2ccc(NC(F)(F)F)cc2)C2(O)CCC2)CC1. The normalized spacial score (nSPS) is 23.1. The molecule has 140 valence electrons. The third-order valence-electron chi connectivity index (χ3n) is 5.54. The molecule has 1 unspecified atom stereocenters. The van der Waals surface area contributed by atoms with Crippen molar-refractivity contribution in [3.05, 3.63) is 29.8 Å². The minimum absolute atomic E-state index is 0.0135. The molecule has 1 atom stereocenters. The standard InChI is InChI=1S/C18H26F3N3O/c19-18(20,21)23-15-4-2-13(3-5-15)16(17(25)8-1-9-17)12-24-10-6-14(22)7-11-24/h2-5,14,16,23,25H,1,6-12,22H2. The zero-order valence-corrected chi connectivity index (χ0v) is 14.2. The lowest BCUT2D eigenvalue weighted by Crippen LogP contribution is -2.49. The number of alkyl halides is 3. The summed E-state index contributed by atoms with van der Waals surface area (Å²) in [5, 5.41) is 12.4. The van der Waals surface area contributed by atoms with Crippen molar-refractivity contribution in [2.75, 3.05) is 25.0 Å². The number of piperidine rings is 1. The smallest absolute Gasteiger partial charge is 0.389 e. The van der Waals surface area contributed by atoms with Crippen LogP contribution in [0.5, 0.6) is 0 Å². The summed E-state index contributed by atoms with van der Waals surface area (Å²) < 4.78 is 37.3. The van der Waals surface area contributed by atoms with Crippen molar-refractivity contribution in [1.29, 1.82) is 0 Å². The van der Waals surface area contributed by atoms with E-state index in [0.717, 1.165) is 57.3 Å². The number of likely N-dealkylation sites (tertiary alicyclic amines) is 1. The van der Waals surface area contributed by atoms with Gasteiger partial charge in [-0.15, -0.1) is 0 Å². The number of nitrogens with one attached hydrogen (secondary N) is 1. The van der Waals surface area contributed by atoms with E-state index in [9.17, 15) is 18.3 Å². The average molecular weight is 357 g/mol. The van der Waals surface area contributed by atoms with Gasteiger partial charge in [-0.05, 0) is 62.9 Å². The molecule has 0 spiro atoms. The molecule has 0 aromatic heterocycles. The first-order valence-corrected chi connectivity index (χ1v) is 8.90. The van der Waals surface area contributed by atoms with Crippen LogP contribution in [0.15, 0.2) is 24.3 Å². The Balaban J connectivity index is 1.73. The van der Waals surface area contributed by atoms with Crippen molar-refractivity contribution in [2.24, 2.45) is 5.73 Å². The fraction of sp³-hybridized carbons (Fsp3) is 0.667.